The number of nitrogens with one attached hydrogen (secondary N) is 1. The van der Waals surface area contributed by atoms with Gasteiger partial charge in [0, 0.05) is 99.2 Å². The van der Waals surface area contributed by atoms with Gasteiger partial charge in [-0.3, -0.25) is 14.4 Å². The highest BCUT2D eigenvalue weighted by molar-refractivity contribution is 5.90. The number of likely N-dealkylation sites (tertiary alicyclic amines) is 2. The summed E-state index contributed by atoms with van der Waals surface area (Å²) in [6.45, 7) is 12.5. The summed E-state index contributed by atoms with van der Waals surface area (Å²) in [6, 6.07) is 10.7. The van der Waals surface area contributed by atoms with Crippen LogP contribution < -0.4 is 5.32 Å². The van der Waals surface area contributed by atoms with Gasteiger partial charge in [-0.15, -0.1) is 0 Å². The molecule has 1 aromatic carbocycles. The Morgan fingerprint density at radius 2 is 1.38 bits per heavy atom. The predicted molar refractivity (Wildman–Crippen MR) is 193 cm³/mol. The third-order valence-electron chi connectivity index (χ3n) is 11.4. The molecule has 5 aliphatic heterocycles. The van der Waals surface area contributed by atoms with Crippen LogP contribution >= 0.6 is 0 Å². The van der Waals surface area contributed by atoms with Crippen LogP contribution in [0, 0.1) is 5.92 Å². The maximum atomic E-state index is 13.7. The van der Waals surface area contributed by atoms with E-state index in [0.29, 0.717) is 24.7 Å². The van der Waals surface area contributed by atoms with Crippen molar-refractivity contribution >= 4 is 17.7 Å². The Labute approximate surface area is 298 Å². The first kappa shape index (κ1) is 36.0. The van der Waals surface area contributed by atoms with E-state index >= 15 is 0 Å². The molecule has 5 aliphatic rings. The molecule has 3 unspecified atom stereocenters. The van der Waals surface area contributed by atoms with E-state index in [4.69, 9.17) is 9.47 Å². The molecule has 6 rings (SSSR count). The second-order valence-corrected chi connectivity index (χ2v) is 15.4. The number of ether oxygens (including phenoxy) is 2. The third kappa shape index (κ3) is 8.39. The summed E-state index contributed by atoms with van der Waals surface area (Å²) < 4.78 is 11.9. The molecule has 0 spiro atoms. The van der Waals surface area contributed by atoms with Gasteiger partial charge < -0.3 is 34.4 Å². The zero-order valence-corrected chi connectivity index (χ0v) is 30.7. The Bertz CT molecular complexity index is 1460. The van der Waals surface area contributed by atoms with Gasteiger partial charge >= 0.3 is 0 Å². The van der Waals surface area contributed by atoms with Gasteiger partial charge in [0.15, 0.2) is 0 Å². The Morgan fingerprint density at radius 1 is 0.780 bits per heavy atom. The van der Waals surface area contributed by atoms with Crippen molar-refractivity contribution in [3.63, 3.8) is 0 Å². The van der Waals surface area contributed by atoms with Gasteiger partial charge in [-0.25, -0.2) is 0 Å². The minimum absolute atomic E-state index is 0.00694. The Balaban J connectivity index is 1.03. The fraction of sp³-hybridized carbons (Fsp3) is 0.625. The van der Waals surface area contributed by atoms with Crippen LogP contribution in [-0.4, -0.2) is 107 Å². The Hall–Kier alpha value is -3.79. The van der Waals surface area contributed by atoms with E-state index < -0.39 is 0 Å². The Kier molecular flexibility index (Phi) is 11.6. The lowest BCUT2D eigenvalue weighted by Gasteiger charge is -2.48. The fourth-order valence-electron chi connectivity index (χ4n) is 8.84. The molecule has 272 valence electrons. The van der Waals surface area contributed by atoms with Crippen molar-refractivity contribution in [3.8, 4) is 0 Å². The summed E-state index contributed by atoms with van der Waals surface area (Å²) in [5, 5.41) is 3.13. The highest BCUT2D eigenvalue weighted by atomic mass is 16.5. The van der Waals surface area contributed by atoms with Gasteiger partial charge in [0.2, 0.25) is 11.8 Å². The van der Waals surface area contributed by atoms with Crippen LogP contribution in [0.4, 0.5) is 0 Å². The van der Waals surface area contributed by atoms with Crippen molar-refractivity contribution in [1.29, 1.82) is 0 Å². The second kappa shape index (κ2) is 16.0. The summed E-state index contributed by atoms with van der Waals surface area (Å²) in [5.74, 6) is 1.36. The molecule has 50 heavy (non-hydrogen) atoms. The molecule has 2 fully saturated rings. The van der Waals surface area contributed by atoms with Crippen LogP contribution in [0.2, 0.25) is 0 Å². The lowest BCUT2D eigenvalue weighted by molar-refractivity contribution is -0.139. The van der Waals surface area contributed by atoms with Gasteiger partial charge in [0.1, 0.15) is 5.76 Å². The minimum atomic E-state index is -0.158. The zero-order valence-electron chi connectivity index (χ0n) is 30.7. The Morgan fingerprint density at radius 3 is 1.98 bits per heavy atom. The van der Waals surface area contributed by atoms with Crippen LogP contribution in [0.25, 0.3) is 0 Å². The van der Waals surface area contributed by atoms with Crippen molar-refractivity contribution < 1.29 is 23.9 Å². The van der Waals surface area contributed by atoms with Crippen LogP contribution in [0.15, 0.2) is 65.7 Å². The van der Waals surface area contributed by atoms with E-state index in [2.05, 4.69) is 59.8 Å². The minimum Gasteiger partial charge on any atom is -0.501 e. The lowest BCUT2D eigenvalue weighted by Crippen LogP contribution is -2.57. The summed E-state index contributed by atoms with van der Waals surface area (Å²) >= 11 is 0. The van der Waals surface area contributed by atoms with E-state index in [1.54, 1.807) is 19.3 Å². The number of carbonyl (C=O) groups is 3. The molecule has 10 nitrogen and oxygen atoms in total. The molecule has 0 radical (unpaired) electrons. The fourth-order valence-corrected chi connectivity index (χ4v) is 8.84. The molecule has 1 aromatic rings. The smallest absolute Gasteiger partial charge is 0.250 e. The summed E-state index contributed by atoms with van der Waals surface area (Å²) in [7, 11) is 1.63. The van der Waals surface area contributed by atoms with Crippen molar-refractivity contribution in [2.75, 3.05) is 33.3 Å². The molecule has 1 N–H and O–H groups in total. The number of methoxy groups -OCH3 is 1. The monoisotopic (exact) mass is 687 g/mol. The average Bonchev–Trinajstić information content (AvgIpc) is 3.10. The van der Waals surface area contributed by atoms with Crippen molar-refractivity contribution in [2.24, 2.45) is 5.92 Å². The quantitative estimate of drug-likeness (QED) is 0.351. The van der Waals surface area contributed by atoms with Crippen LogP contribution in [0.1, 0.15) is 84.6 Å². The van der Waals surface area contributed by atoms with E-state index in [0.717, 1.165) is 88.1 Å². The molecule has 5 heterocycles. The molecule has 0 saturated carbocycles. The van der Waals surface area contributed by atoms with Crippen LogP contribution in [0.5, 0.6) is 0 Å². The topological polar surface area (TPSA) is 94.7 Å². The van der Waals surface area contributed by atoms with Crippen LogP contribution in [-0.2, 0) is 30.5 Å². The number of hydrogen-bond donors (Lipinski definition) is 1. The summed E-state index contributed by atoms with van der Waals surface area (Å²) in [5.41, 5.74) is 3.37. The number of hydrogen-bond acceptors (Lipinski definition) is 7. The number of amides is 3. The summed E-state index contributed by atoms with van der Waals surface area (Å²) in [6.07, 6.45) is 12.0. The molecule has 4 atom stereocenters. The standard InChI is InChI=1S/C40H57N5O5/c1-27(2)19-31-21-35(22-38(46)41-31)43-15-11-32(12-16-43)44-28(3)20-34(23-39(44)47)42-17-13-33(14-18-42)45-37(24-36(49-5)25-40(45)48)29(4)50-26-30-9-7-6-8-10-30/h6-10,22-23,25,27-29,31-33,37H,11-21,24,26H2,1-5H3,(H,41,46)/t28?,29-,31?,37?/m1/s1. The number of rotatable bonds is 11. The normalized spacial score (nSPS) is 26.5. The van der Waals surface area contributed by atoms with Crippen LogP contribution in [0.3, 0.4) is 0 Å². The van der Waals surface area contributed by atoms with Gasteiger partial charge in [0.25, 0.3) is 5.91 Å². The molecule has 0 aromatic heterocycles. The first-order valence-corrected chi connectivity index (χ1v) is 18.9. The van der Waals surface area contributed by atoms with E-state index in [1.807, 2.05) is 29.2 Å². The van der Waals surface area contributed by atoms with E-state index in [9.17, 15) is 14.4 Å². The van der Waals surface area contributed by atoms with Crippen molar-refractivity contribution in [3.05, 3.63) is 71.3 Å². The first-order chi connectivity index (χ1) is 24.1. The average molecular weight is 688 g/mol. The van der Waals surface area contributed by atoms with Gasteiger partial charge in [-0.2, -0.15) is 0 Å². The number of nitrogens with zero attached hydrogens (tertiary/aromatic N) is 4. The summed E-state index contributed by atoms with van der Waals surface area (Å²) in [4.78, 5) is 48.5. The SMILES string of the molecule is COC1=CC(=O)N(C2CCN(C3=CC(=O)N(C4CCN(C5=CC(=O)NC(CC(C)C)C5)CC4)C(C)C3)CC2)C([C@@H](C)OCc2ccccc2)C1. The van der Waals surface area contributed by atoms with Gasteiger partial charge in [0.05, 0.1) is 25.9 Å². The van der Waals surface area contributed by atoms with Gasteiger partial charge in [-0.05, 0) is 57.4 Å². The van der Waals surface area contributed by atoms with Crippen molar-refractivity contribution in [2.45, 2.75) is 122 Å². The number of piperidine rings is 2. The molecule has 0 aliphatic carbocycles. The molecule has 10 heteroatoms. The maximum absolute atomic E-state index is 13.7. The third-order valence-corrected chi connectivity index (χ3v) is 11.4. The second-order valence-electron chi connectivity index (χ2n) is 15.4. The largest absolute Gasteiger partial charge is 0.501 e. The van der Waals surface area contributed by atoms with E-state index in [1.165, 1.54) is 0 Å². The molecule has 3 amide bonds. The first-order valence-electron chi connectivity index (χ1n) is 18.9. The van der Waals surface area contributed by atoms with Crippen molar-refractivity contribution in [1.82, 2.24) is 24.9 Å². The predicted octanol–water partition coefficient (Wildman–Crippen LogP) is 4.97. The maximum Gasteiger partial charge on any atom is 0.250 e. The lowest BCUT2D eigenvalue weighted by atomic mass is 9.92. The molecular formula is C40H57N5O5. The van der Waals surface area contributed by atoms with E-state index in [-0.39, 0.29) is 54.0 Å². The molecule has 2 saturated heterocycles. The highest BCUT2D eigenvalue weighted by Crippen LogP contribution is 2.34. The zero-order chi connectivity index (χ0) is 35.4. The molecule has 0 bridgehead atoms. The number of benzene rings is 1. The van der Waals surface area contributed by atoms with Gasteiger partial charge in [-0.1, -0.05) is 44.2 Å². The number of carbonyl (C=O) groups excluding carboxylic acids is 3. The molecular weight excluding hydrogens is 630 g/mol. The highest BCUT2D eigenvalue weighted by Gasteiger charge is 2.41.